The van der Waals surface area contributed by atoms with Gasteiger partial charge in [-0.05, 0) is 26.7 Å². The van der Waals surface area contributed by atoms with Crippen molar-refractivity contribution in [3.05, 3.63) is 0 Å². The number of hydrogen-bond donors (Lipinski definition) is 0. The van der Waals surface area contributed by atoms with Crippen LogP contribution in [-0.2, 0) is 19.1 Å². The molecule has 4 nitrogen and oxygen atoms in total. The van der Waals surface area contributed by atoms with Gasteiger partial charge < -0.3 is 9.47 Å². The maximum atomic E-state index is 12.4. The van der Waals surface area contributed by atoms with Gasteiger partial charge in [-0.25, -0.2) is 0 Å². The third kappa shape index (κ3) is 33.0. The number of carbonyl (C=O) groups excluding carboxylic acids is 2. The highest BCUT2D eigenvalue weighted by Gasteiger charge is 2.23. The van der Waals surface area contributed by atoms with Crippen LogP contribution in [0, 0.1) is 0 Å². The molecule has 0 saturated carbocycles. The predicted octanol–water partition coefficient (Wildman–Crippen LogP) is 13.3. The first-order valence-corrected chi connectivity index (χ1v) is 21.0. The Kier molecular flexibility index (Phi) is 35.6. The van der Waals surface area contributed by atoms with E-state index >= 15 is 0 Å². The van der Waals surface area contributed by atoms with Crippen LogP contribution in [0.4, 0.5) is 0 Å². The molecule has 0 aromatic heterocycles. The third-order valence-electron chi connectivity index (χ3n) is 9.06. The number of ether oxygens (including phenoxy) is 2. The van der Waals surface area contributed by atoms with E-state index in [1.165, 1.54) is 179 Å². The summed E-state index contributed by atoms with van der Waals surface area (Å²) in [4.78, 5) is 24.7. The first kappa shape index (κ1) is 44.3. The second-order valence-electron chi connectivity index (χ2n) is 13.7. The summed E-state index contributed by atoms with van der Waals surface area (Å²) in [6.45, 7) is 9.19. The summed E-state index contributed by atoms with van der Waals surface area (Å²) in [5, 5.41) is -0.704. The van der Waals surface area contributed by atoms with Gasteiger partial charge in [-0.15, -0.1) is 11.8 Å². The molecule has 0 saturated heterocycles. The summed E-state index contributed by atoms with van der Waals surface area (Å²) in [7, 11) is 0. The highest BCUT2D eigenvalue weighted by Crippen LogP contribution is 2.21. The Bertz CT molecular complexity index is 625. The summed E-state index contributed by atoms with van der Waals surface area (Å²) in [6, 6.07) is 0. The van der Waals surface area contributed by atoms with Crippen molar-refractivity contribution < 1.29 is 19.1 Å². The van der Waals surface area contributed by atoms with Crippen LogP contribution >= 0.6 is 11.8 Å². The van der Waals surface area contributed by atoms with Gasteiger partial charge in [0.05, 0.1) is 13.2 Å². The summed E-state index contributed by atoms with van der Waals surface area (Å²) >= 11 is 1.34. The number of hydrogen-bond acceptors (Lipinski definition) is 5. The largest absolute Gasteiger partial charge is 0.465 e. The first-order valence-electron chi connectivity index (χ1n) is 20.0. The Hall–Kier alpha value is -0.710. The smallest absolute Gasteiger partial charge is 0.318 e. The minimum absolute atomic E-state index is 0.215. The molecule has 0 bridgehead atoms. The molecule has 2 unspecified atom stereocenters. The lowest BCUT2D eigenvalue weighted by atomic mass is 10.0. The maximum Gasteiger partial charge on any atom is 0.318 e. The molecule has 5 heteroatoms. The zero-order valence-electron chi connectivity index (χ0n) is 30.8. The summed E-state index contributed by atoms with van der Waals surface area (Å²) in [5.74, 6) is -0.431. The molecule has 45 heavy (non-hydrogen) atoms. The van der Waals surface area contributed by atoms with E-state index in [2.05, 4.69) is 13.8 Å². The fourth-order valence-electron chi connectivity index (χ4n) is 5.94. The predicted molar refractivity (Wildman–Crippen MR) is 198 cm³/mol. The number of unbranched alkanes of at least 4 members (excludes halogenated alkanes) is 28. The number of esters is 2. The van der Waals surface area contributed by atoms with E-state index in [9.17, 15) is 9.59 Å². The molecule has 0 fully saturated rings. The Morgan fingerprint density at radius 3 is 0.800 bits per heavy atom. The molecule has 0 spiro atoms. The second kappa shape index (κ2) is 36.1. The first-order chi connectivity index (χ1) is 22.0. The average Bonchev–Trinajstić information content (AvgIpc) is 3.04. The van der Waals surface area contributed by atoms with Crippen LogP contribution in [0.15, 0.2) is 0 Å². The van der Waals surface area contributed by atoms with Crippen LogP contribution < -0.4 is 0 Å². The zero-order valence-corrected chi connectivity index (χ0v) is 31.6. The standard InChI is InChI=1S/C40H78O4S/c1-5-7-9-11-13-15-17-19-21-22-24-26-28-30-32-34-36-44-40(42)38(4)45-37(3)39(41)43-35-33-31-29-27-25-23-20-18-16-14-12-10-8-6-2/h37-38H,5-36H2,1-4H3. The van der Waals surface area contributed by atoms with Crippen molar-refractivity contribution in [2.75, 3.05) is 13.2 Å². The Morgan fingerprint density at radius 2 is 0.578 bits per heavy atom. The maximum absolute atomic E-state index is 12.4. The topological polar surface area (TPSA) is 52.6 Å². The van der Waals surface area contributed by atoms with Crippen LogP contribution in [0.5, 0.6) is 0 Å². The molecule has 268 valence electrons. The Morgan fingerprint density at radius 1 is 0.378 bits per heavy atom. The van der Waals surface area contributed by atoms with Crippen LogP contribution in [-0.4, -0.2) is 35.7 Å². The molecule has 0 radical (unpaired) electrons. The lowest BCUT2D eigenvalue weighted by Crippen LogP contribution is -2.25. The normalized spacial score (nSPS) is 12.7. The van der Waals surface area contributed by atoms with Crippen molar-refractivity contribution in [3.63, 3.8) is 0 Å². The van der Waals surface area contributed by atoms with Crippen molar-refractivity contribution >= 4 is 23.7 Å². The van der Waals surface area contributed by atoms with Crippen molar-refractivity contribution in [1.82, 2.24) is 0 Å². The molecule has 0 aliphatic carbocycles. The Labute approximate surface area is 286 Å². The fourth-order valence-corrected chi connectivity index (χ4v) is 6.91. The molecule has 0 amide bonds. The highest BCUT2D eigenvalue weighted by molar-refractivity contribution is 8.01. The molecular weight excluding hydrogens is 577 g/mol. The average molecular weight is 655 g/mol. The van der Waals surface area contributed by atoms with Gasteiger partial charge in [0.2, 0.25) is 0 Å². The molecule has 0 aliphatic rings. The Balaban J connectivity index is 3.50. The van der Waals surface area contributed by atoms with Crippen LogP contribution in [0.3, 0.4) is 0 Å². The SMILES string of the molecule is CCCCCCCCCCCCCCCCCCOC(=O)C(C)SC(C)C(=O)OCCCCCCCCCCCCCCCC. The van der Waals surface area contributed by atoms with Gasteiger partial charge in [0, 0.05) is 0 Å². The monoisotopic (exact) mass is 655 g/mol. The molecule has 0 aromatic rings. The molecule has 0 aliphatic heterocycles. The van der Waals surface area contributed by atoms with E-state index in [1.807, 2.05) is 13.8 Å². The van der Waals surface area contributed by atoms with Gasteiger partial charge in [-0.1, -0.05) is 194 Å². The minimum Gasteiger partial charge on any atom is -0.465 e. The van der Waals surface area contributed by atoms with Crippen LogP contribution in [0.2, 0.25) is 0 Å². The van der Waals surface area contributed by atoms with Gasteiger partial charge in [-0.3, -0.25) is 9.59 Å². The van der Waals surface area contributed by atoms with Gasteiger partial charge in [0.15, 0.2) is 0 Å². The number of carbonyl (C=O) groups is 2. The summed E-state index contributed by atoms with van der Waals surface area (Å²) in [6.07, 6.45) is 39.7. The van der Waals surface area contributed by atoms with E-state index in [0.717, 1.165) is 25.7 Å². The number of rotatable bonds is 36. The van der Waals surface area contributed by atoms with E-state index < -0.39 is 0 Å². The van der Waals surface area contributed by atoms with E-state index in [1.54, 1.807) is 0 Å². The van der Waals surface area contributed by atoms with E-state index in [-0.39, 0.29) is 22.4 Å². The van der Waals surface area contributed by atoms with E-state index in [0.29, 0.717) is 13.2 Å². The van der Waals surface area contributed by atoms with Gasteiger partial charge >= 0.3 is 11.9 Å². The van der Waals surface area contributed by atoms with Crippen molar-refractivity contribution in [1.29, 1.82) is 0 Å². The molecule has 0 heterocycles. The highest BCUT2D eigenvalue weighted by atomic mass is 32.2. The number of thioether (sulfide) groups is 1. The van der Waals surface area contributed by atoms with Crippen molar-refractivity contribution in [2.24, 2.45) is 0 Å². The lowest BCUT2D eigenvalue weighted by Gasteiger charge is -2.16. The quantitative estimate of drug-likeness (QED) is 0.0497. The van der Waals surface area contributed by atoms with Crippen LogP contribution in [0.1, 0.15) is 220 Å². The molecule has 0 aromatic carbocycles. The molecule has 2 atom stereocenters. The summed E-state index contributed by atoms with van der Waals surface area (Å²) in [5.41, 5.74) is 0. The molecule has 0 rings (SSSR count). The minimum atomic E-state index is -0.352. The van der Waals surface area contributed by atoms with Gasteiger partial charge in [0.1, 0.15) is 10.5 Å². The summed E-state index contributed by atoms with van der Waals surface area (Å²) < 4.78 is 11.0. The second-order valence-corrected chi connectivity index (χ2v) is 15.3. The van der Waals surface area contributed by atoms with Crippen LogP contribution in [0.25, 0.3) is 0 Å². The fraction of sp³-hybridized carbons (Fsp3) is 0.950. The third-order valence-corrected chi connectivity index (χ3v) is 10.3. The molecule has 0 N–H and O–H groups in total. The van der Waals surface area contributed by atoms with Gasteiger partial charge in [0.25, 0.3) is 0 Å². The van der Waals surface area contributed by atoms with Crippen molar-refractivity contribution in [2.45, 2.75) is 231 Å². The van der Waals surface area contributed by atoms with Gasteiger partial charge in [-0.2, -0.15) is 0 Å². The molecular formula is C40H78O4S. The lowest BCUT2D eigenvalue weighted by molar-refractivity contribution is -0.142. The van der Waals surface area contributed by atoms with Crippen molar-refractivity contribution in [3.8, 4) is 0 Å². The van der Waals surface area contributed by atoms with E-state index in [4.69, 9.17) is 9.47 Å². The zero-order chi connectivity index (χ0) is 33.1.